The second-order valence-electron chi connectivity index (χ2n) is 4.23. The van der Waals surface area contributed by atoms with E-state index in [1.54, 1.807) is 0 Å². The molecular formula is C9H20N2O2S. The van der Waals surface area contributed by atoms with E-state index < -0.39 is 9.84 Å². The molecular weight excluding hydrogens is 200 g/mol. The molecule has 0 spiro atoms. The zero-order valence-electron chi connectivity index (χ0n) is 8.94. The SMILES string of the molecule is CC(C)C(CN)N1CCS(=O)(=O)CC1. The van der Waals surface area contributed by atoms with E-state index in [0.717, 1.165) is 0 Å². The number of nitrogens with two attached hydrogens (primary N) is 1. The molecule has 4 nitrogen and oxygen atoms in total. The normalized spacial score (nSPS) is 25.1. The Labute approximate surface area is 86.4 Å². The predicted octanol–water partition coefficient (Wildman–Crippen LogP) is -0.300. The maximum atomic E-state index is 11.2. The summed E-state index contributed by atoms with van der Waals surface area (Å²) in [5, 5.41) is 0. The first-order chi connectivity index (χ1) is 6.46. The molecule has 5 heteroatoms. The van der Waals surface area contributed by atoms with Crippen LogP contribution in [0.2, 0.25) is 0 Å². The second-order valence-corrected chi connectivity index (χ2v) is 6.54. The van der Waals surface area contributed by atoms with Gasteiger partial charge >= 0.3 is 0 Å². The molecule has 84 valence electrons. The molecule has 0 aromatic rings. The van der Waals surface area contributed by atoms with Crippen molar-refractivity contribution in [3.63, 3.8) is 0 Å². The van der Waals surface area contributed by atoms with Crippen LogP contribution in [0.3, 0.4) is 0 Å². The van der Waals surface area contributed by atoms with E-state index in [1.165, 1.54) is 0 Å². The fraction of sp³-hybridized carbons (Fsp3) is 1.00. The molecule has 0 bridgehead atoms. The molecule has 1 fully saturated rings. The molecule has 1 heterocycles. The molecule has 0 aromatic heterocycles. The third-order valence-corrected chi connectivity index (χ3v) is 4.47. The van der Waals surface area contributed by atoms with Gasteiger partial charge in [0, 0.05) is 25.7 Å². The largest absolute Gasteiger partial charge is 0.329 e. The Balaban J connectivity index is 2.56. The average Bonchev–Trinajstić information content (AvgIpc) is 2.08. The van der Waals surface area contributed by atoms with Crippen LogP contribution in [0.15, 0.2) is 0 Å². The third-order valence-electron chi connectivity index (χ3n) is 2.86. The van der Waals surface area contributed by atoms with E-state index in [4.69, 9.17) is 5.73 Å². The summed E-state index contributed by atoms with van der Waals surface area (Å²) >= 11 is 0. The quantitative estimate of drug-likeness (QED) is 0.709. The van der Waals surface area contributed by atoms with Gasteiger partial charge in [-0.25, -0.2) is 8.42 Å². The van der Waals surface area contributed by atoms with Crippen molar-refractivity contribution in [2.75, 3.05) is 31.1 Å². The Kier molecular flexibility index (Phi) is 3.92. The monoisotopic (exact) mass is 220 g/mol. The van der Waals surface area contributed by atoms with Crippen molar-refractivity contribution in [2.24, 2.45) is 11.7 Å². The third kappa shape index (κ3) is 2.93. The van der Waals surface area contributed by atoms with Gasteiger partial charge in [-0.05, 0) is 5.92 Å². The van der Waals surface area contributed by atoms with Crippen molar-refractivity contribution < 1.29 is 8.42 Å². The van der Waals surface area contributed by atoms with Gasteiger partial charge in [0.15, 0.2) is 9.84 Å². The van der Waals surface area contributed by atoms with Crippen LogP contribution in [0.5, 0.6) is 0 Å². The summed E-state index contributed by atoms with van der Waals surface area (Å²) in [7, 11) is -2.77. The van der Waals surface area contributed by atoms with Crippen LogP contribution in [0.4, 0.5) is 0 Å². The van der Waals surface area contributed by atoms with Crippen LogP contribution in [0.25, 0.3) is 0 Å². The first-order valence-corrected chi connectivity index (χ1v) is 6.93. The molecule has 0 amide bonds. The lowest BCUT2D eigenvalue weighted by Crippen LogP contribution is -2.51. The highest BCUT2D eigenvalue weighted by Gasteiger charge is 2.27. The highest BCUT2D eigenvalue weighted by atomic mass is 32.2. The van der Waals surface area contributed by atoms with Gasteiger partial charge in [-0.15, -0.1) is 0 Å². The van der Waals surface area contributed by atoms with E-state index in [1.807, 2.05) is 0 Å². The highest BCUT2D eigenvalue weighted by molar-refractivity contribution is 7.91. The lowest BCUT2D eigenvalue weighted by Gasteiger charge is -2.35. The van der Waals surface area contributed by atoms with Crippen molar-refractivity contribution in [1.29, 1.82) is 0 Å². The lowest BCUT2D eigenvalue weighted by atomic mass is 10.0. The fourth-order valence-electron chi connectivity index (χ4n) is 1.90. The van der Waals surface area contributed by atoms with Crippen LogP contribution < -0.4 is 5.73 Å². The van der Waals surface area contributed by atoms with Gasteiger partial charge in [0.05, 0.1) is 11.5 Å². The lowest BCUT2D eigenvalue weighted by molar-refractivity contribution is 0.173. The Morgan fingerprint density at radius 3 is 2.14 bits per heavy atom. The summed E-state index contributed by atoms with van der Waals surface area (Å²) in [6.07, 6.45) is 0. The summed E-state index contributed by atoms with van der Waals surface area (Å²) in [5.41, 5.74) is 5.68. The minimum Gasteiger partial charge on any atom is -0.329 e. The Hall–Kier alpha value is -0.130. The van der Waals surface area contributed by atoms with E-state index in [-0.39, 0.29) is 11.5 Å². The van der Waals surface area contributed by atoms with Crippen molar-refractivity contribution in [2.45, 2.75) is 19.9 Å². The number of nitrogens with zero attached hydrogens (tertiary/aromatic N) is 1. The average molecular weight is 220 g/mol. The highest BCUT2D eigenvalue weighted by Crippen LogP contribution is 2.13. The first-order valence-electron chi connectivity index (χ1n) is 5.11. The van der Waals surface area contributed by atoms with Gasteiger partial charge in [0.2, 0.25) is 0 Å². The maximum Gasteiger partial charge on any atom is 0.152 e. The van der Waals surface area contributed by atoms with Crippen LogP contribution in [0, 0.1) is 5.92 Å². The van der Waals surface area contributed by atoms with Gasteiger partial charge < -0.3 is 5.73 Å². The molecule has 1 aliphatic rings. The van der Waals surface area contributed by atoms with Gasteiger partial charge in [-0.3, -0.25) is 4.90 Å². The zero-order chi connectivity index (χ0) is 10.8. The van der Waals surface area contributed by atoms with Gasteiger partial charge in [-0.1, -0.05) is 13.8 Å². The molecule has 0 radical (unpaired) electrons. The van der Waals surface area contributed by atoms with E-state index in [9.17, 15) is 8.42 Å². The van der Waals surface area contributed by atoms with Crippen LogP contribution in [-0.4, -0.2) is 50.5 Å². The summed E-state index contributed by atoms with van der Waals surface area (Å²) in [5.74, 6) is 1.06. The summed E-state index contributed by atoms with van der Waals surface area (Å²) in [6, 6.07) is 0.325. The summed E-state index contributed by atoms with van der Waals surface area (Å²) in [4.78, 5) is 2.20. The topological polar surface area (TPSA) is 63.4 Å². The van der Waals surface area contributed by atoms with Gasteiger partial charge in [-0.2, -0.15) is 0 Å². The molecule has 14 heavy (non-hydrogen) atoms. The summed E-state index contributed by atoms with van der Waals surface area (Å²) < 4.78 is 22.4. The molecule has 1 rings (SSSR count). The zero-order valence-corrected chi connectivity index (χ0v) is 9.76. The van der Waals surface area contributed by atoms with Crippen LogP contribution in [-0.2, 0) is 9.84 Å². The molecule has 0 aromatic carbocycles. The molecule has 2 N–H and O–H groups in total. The second kappa shape index (κ2) is 4.59. The molecule has 1 aliphatic heterocycles. The molecule has 1 unspecified atom stereocenters. The molecule has 1 saturated heterocycles. The standard InChI is InChI=1S/C9H20N2O2S/c1-8(2)9(7-10)11-3-5-14(12,13)6-4-11/h8-9H,3-7,10H2,1-2H3. The molecule has 1 atom stereocenters. The van der Waals surface area contributed by atoms with Crippen molar-refractivity contribution >= 4 is 9.84 Å². The van der Waals surface area contributed by atoms with E-state index >= 15 is 0 Å². The van der Waals surface area contributed by atoms with Crippen molar-refractivity contribution in [1.82, 2.24) is 4.90 Å². The molecule has 0 aliphatic carbocycles. The fourth-order valence-corrected chi connectivity index (χ4v) is 3.13. The minimum atomic E-state index is -2.77. The number of hydrogen-bond donors (Lipinski definition) is 1. The van der Waals surface area contributed by atoms with Crippen LogP contribution >= 0.6 is 0 Å². The van der Waals surface area contributed by atoms with Gasteiger partial charge in [0.25, 0.3) is 0 Å². The summed E-state index contributed by atoms with van der Waals surface area (Å²) in [6.45, 7) is 6.14. The number of sulfone groups is 1. The Morgan fingerprint density at radius 2 is 1.79 bits per heavy atom. The van der Waals surface area contributed by atoms with Crippen LogP contribution in [0.1, 0.15) is 13.8 Å². The first kappa shape index (κ1) is 11.9. The van der Waals surface area contributed by atoms with E-state index in [2.05, 4.69) is 18.7 Å². The van der Waals surface area contributed by atoms with Crippen molar-refractivity contribution in [3.05, 3.63) is 0 Å². The number of rotatable bonds is 3. The molecule has 0 saturated carbocycles. The van der Waals surface area contributed by atoms with E-state index in [0.29, 0.717) is 31.6 Å². The van der Waals surface area contributed by atoms with Gasteiger partial charge in [0.1, 0.15) is 0 Å². The Bertz CT molecular complexity index is 261. The Morgan fingerprint density at radius 1 is 1.29 bits per heavy atom. The minimum absolute atomic E-state index is 0.288. The smallest absolute Gasteiger partial charge is 0.152 e. The predicted molar refractivity (Wildman–Crippen MR) is 57.9 cm³/mol. The maximum absolute atomic E-state index is 11.2. The van der Waals surface area contributed by atoms with Crippen molar-refractivity contribution in [3.8, 4) is 0 Å². The number of hydrogen-bond acceptors (Lipinski definition) is 4.